The van der Waals surface area contributed by atoms with Gasteiger partial charge in [-0.15, -0.1) is 3.89 Å². The van der Waals surface area contributed by atoms with E-state index < -0.39 is 21.3 Å². The van der Waals surface area contributed by atoms with Crippen molar-refractivity contribution in [1.82, 2.24) is 0 Å². The number of hydrogen-bond donors (Lipinski definition) is 2. The van der Waals surface area contributed by atoms with Crippen LogP contribution in [0.2, 0.25) is 0 Å². The van der Waals surface area contributed by atoms with E-state index in [4.69, 9.17) is 11.1 Å². The zero-order chi connectivity index (χ0) is 10.8. The van der Waals surface area contributed by atoms with Crippen molar-refractivity contribution in [2.24, 2.45) is 5.73 Å². The van der Waals surface area contributed by atoms with E-state index in [-0.39, 0.29) is 5.56 Å². The monoisotopic (exact) mass is 216 g/mol. The molecule has 0 aliphatic heterocycles. The summed E-state index contributed by atoms with van der Waals surface area (Å²) in [6.45, 7) is 0. The Hall–Kier alpha value is -1.43. The van der Waals surface area contributed by atoms with E-state index in [0.29, 0.717) is 0 Å². The Labute approximate surface area is 81.3 Å². The Morgan fingerprint density at radius 2 is 1.86 bits per heavy atom. The summed E-state index contributed by atoms with van der Waals surface area (Å²) in [5, 5.41) is 5.31. The smallest absolute Gasteiger partial charge is 0.316 e. The van der Waals surface area contributed by atoms with Crippen LogP contribution in [-0.4, -0.2) is 14.3 Å². The SMILES string of the molecule is N=C(N)C(c1ccccc1)S(=O)(=O)F. The standard InChI is InChI=1S/C8H9FN2O2S/c9-14(12,13)7(8(10)11)6-4-2-1-3-5-6/h1-5,7H,(H3,10,11). The van der Waals surface area contributed by atoms with Gasteiger partial charge in [-0.3, -0.25) is 5.41 Å². The fraction of sp³-hybridized carbons (Fsp3) is 0.125. The number of halogens is 1. The second-order valence-corrected chi connectivity index (χ2v) is 4.14. The third-order valence-electron chi connectivity index (χ3n) is 1.67. The molecule has 14 heavy (non-hydrogen) atoms. The molecule has 0 fully saturated rings. The lowest BCUT2D eigenvalue weighted by molar-refractivity contribution is 0.547. The van der Waals surface area contributed by atoms with Gasteiger partial charge in [-0.05, 0) is 5.56 Å². The molecule has 3 N–H and O–H groups in total. The minimum Gasteiger partial charge on any atom is -0.386 e. The Morgan fingerprint density at radius 1 is 1.36 bits per heavy atom. The van der Waals surface area contributed by atoms with Crippen LogP contribution in [0.15, 0.2) is 30.3 Å². The molecule has 6 heteroatoms. The van der Waals surface area contributed by atoms with Crippen LogP contribution < -0.4 is 5.73 Å². The van der Waals surface area contributed by atoms with Gasteiger partial charge >= 0.3 is 10.2 Å². The van der Waals surface area contributed by atoms with Gasteiger partial charge < -0.3 is 5.73 Å². The van der Waals surface area contributed by atoms with Gasteiger partial charge in [0.25, 0.3) is 0 Å². The molecule has 4 nitrogen and oxygen atoms in total. The topological polar surface area (TPSA) is 84.0 Å². The zero-order valence-electron chi connectivity index (χ0n) is 7.14. The first-order valence-corrected chi connectivity index (χ1v) is 5.20. The van der Waals surface area contributed by atoms with Crippen molar-refractivity contribution in [3.8, 4) is 0 Å². The predicted molar refractivity (Wildman–Crippen MR) is 51.1 cm³/mol. The number of rotatable bonds is 3. The number of amidine groups is 1. The third kappa shape index (κ3) is 2.29. The average molecular weight is 216 g/mol. The Kier molecular flexibility index (Phi) is 2.85. The summed E-state index contributed by atoms with van der Waals surface area (Å²) >= 11 is 0. The molecule has 1 rings (SSSR count). The molecule has 0 spiro atoms. The van der Waals surface area contributed by atoms with Gasteiger partial charge in [0.05, 0.1) is 0 Å². The van der Waals surface area contributed by atoms with Crippen molar-refractivity contribution in [1.29, 1.82) is 5.41 Å². The molecule has 76 valence electrons. The van der Waals surface area contributed by atoms with Crippen LogP contribution in [0.3, 0.4) is 0 Å². The number of nitrogens with two attached hydrogens (primary N) is 1. The molecule has 1 atom stereocenters. The normalized spacial score (nSPS) is 13.5. The van der Waals surface area contributed by atoms with Gasteiger partial charge in [0.15, 0.2) is 5.25 Å². The lowest BCUT2D eigenvalue weighted by Crippen LogP contribution is -2.25. The van der Waals surface area contributed by atoms with Crippen molar-refractivity contribution in [3.05, 3.63) is 35.9 Å². The molecule has 0 radical (unpaired) electrons. The highest BCUT2D eigenvalue weighted by atomic mass is 32.3. The van der Waals surface area contributed by atoms with Crippen LogP contribution >= 0.6 is 0 Å². The molecule has 1 aromatic carbocycles. The Balaban J connectivity index is 3.22. The van der Waals surface area contributed by atoms with E-state index >= 15 is 0 Å². The summed E-state index contributed by atoms with van der Waals surface area (Å²) in [4.78, 5) is 0. The van der Waals surface area contributed by atoms with Gasteiger partial charge in [0.2, 0.25) is 0 Å². The fourth-order valence-electron chi connectivity index (χ4n) is 1.12. The predicted octanol–water partition coefficient (Wildman–Crippen LogP) is 0.963. The average Bonchev–Trinajstić information content (AvgIpc) is 2.02. The highest BCUT2D eigenvalue weighted by molar-refractivity contribution is 7.87. The van der Waals surface area contributed by atoms with Crippen molar-refractivity contribution in [2.75, 3.05) is 0 Å². The molecule has 0 heterocycles. The van der Waals surface area contributed by atoms with Crippen molar-refractivity contribution in [2.45, 2.75) is 5.25 Å². The van der Waals surface area contributed by atoms with Gasteiger partial charge in [-0.25, -0.2) is 0 Å². The molecule has 1 aromatic rings. The third-order valence-corrected chi connectivity index (χ3v) is 2.76. The van der Waals surface area contributed by atoms with E-state index in [0.717, 1.165) is 0 Å². The van der Waals surface area contributed by atoms with Crippen LogP contribution in [0.4, 0.5) is 3.89 Å². The van der Waals surface area contributed by atoms with Gasteiger partial charge in [0.1, 0.15) is 5.84 Å². The maximum absolute atomic E-state index is 12.7. The Morgan fingerprint density at radius 3 is 2.21 bits per heavy atom. The quantitative estimate of drug-likeness (QED) is 0.448. The molecule has 0 saturated carbocycles. The molecule has 0 aliphatic rings. The summed E-state index contributed by atoms with van der Waals surface area (Å²) in [5.41, 5.74) is 5.17. The van der Waals surface area contributed by atoms with Crippen LogP contribution in [0, 0.1) is 5.41 Å². The van der Waals surface area contributed by atoms with Crippen LogP contribution in [0.5, 0.6) is 0 Å². The minimum absolute atomic E-state index is 0.155. The van der Waals surface area contributed by atoms with Crippen LogP contribution in [0.25, 0.3) is 0 Å². The maximum Gasteiger partial charge on any atom is 0.316 e. The first kappa shape index (κ1) is 10.6. The van der Waals surface area contributed by atoms with Gasteiger partial charge in [0, 0.05) is 0 Å². The highest BCUT2D eigenvalue weighted by Crippen LogP contribution is 2.23. The zero-order valence-corrected chi connectivity index (χ0v) is 7.96. The number of benzene rings is 1. The van der Waals surface area contributed by atoms with Gasteiger partial charge in [-0.2, -0.15) is 8.42 Å². The largest absolute Gasteiger partial charge is 0.386 e. The van der Waals surface area contributed by atoms with Crippen LogP contribution in [0.1, 0.15) is 10.8 Å². The number of nitrogens with one attached hydrogen (secondary N) is 1. The molecule has 0 saturated heterocycles. The van der Waals surface area contributed by atoms with E-state index in [1.54, 1.807) is 18.2 Å². The minimum atomic E-state index is -4.87. The lowest BCUT2D eigenvalue weighted by atomic mass is 10.1. The fourth-order valence-corrected chi connectivity index (χ4v) is 1.91. The van der Waals surface area contributed by atoms with Crippen molar-refractivity contribution >= 4 is 16.1 Å². The summed E-state index contributed by atoms with van der Waals surface area (Å²) in [6, 6.07) is 7.57. The molecule has 1 unspecified atom stereocenters. The Bertz CT molecular complexity index is 430. The van der Waals surface area contributed by atoms with E-state index in [2.05, 4.69) is 0 Å². The first-order valence-electron chi connectivity index (χ1n) is 3.75. The molecule has 0 aromatic heterocycles. The summed E-state index contributed by atoms with van der Waals surface area (Å²) in [7, 11) is -4.87. The van der Waals surface area contributed by atoms with Gasteiger partial charge in [-0.1, -0.05) is 30.3 Å². The summed E-state index contributed by atoms with van der Waals surface area (Å²) in [5.74, 6) is -0.723. The van der Waals surface area contributed by atoms with E-state index in [1.165, 1.54) is 12.1 Å². The highest BCUT2D eigenvalue weighted by Gasteiger charge is 2.29. The van der Waals surface area contributed by atoms with E-state index in [9.17, 15) is 12.3 Å². The second-order valence-electron chi connectivity index (χ2n) is 2.72. The van der Waals surface area contributed by atoms with Crippen molar-refractivity contribution in [3.63, 3.8) is 0 Å². The lowest BCUT2D eigenvalue weighted by Gasteiger charge is -2.10. The molecular formula is C8H9FN2O2S. The first-order chi connectivity index (χ1) is 6.43. The molecule has 0 aliphatic carbocycles. The van der Waals surface area contributed by atoms with Crippen LogP contribution in [-0.2, 0) is 10.2 Å². The van der Waals surface area contributed by atoms with Crippen molar-refractivity contribution < 1.29 is 12.3 Å². The molecule has 0 amide bonds. The number of hydrogen-bond acceptors (Lipinski definition) is 3. The molecular weight excluding hydrogens is 207 g/mol. The second kappa shape index (κ2) is 3.75. The summed E-state index contributed by atoms with van der Waals surface area (Å²) in [6.07, 6.45) is 0. The molecule has 0 bridgehead atoms. The summed E-state index contributed by atoms with van der Waals surface area (Å²) < 4.78 is 34.1. The van der Waals surface area contributed by atoms with E-state index in [1.807, 2.05) is 0 Å². The maximum atomic E-state index is 12.7.